The monoisotopic (exact) mass is 427 g/mol. The van der Waals surface area contributed by atoms with Gasteiger partial charge in [-0.05, 0) is 36.4 Å². The molecule has 0 aliphatic carbocycles. The number of alkyl halides is 2. The Morgan fingerprint density at radius 3 is 2.34 bits per heavy atom. The van der Waals surface area contributed by atoms with Gasteiger partial charge in [0, 0.05) is 11.8 Å². The van der Waals surface area contributed by atoms with E-state index in [0.29, 0.717) is 30.4 Å². The van der Waals surface area contributed by atoms with Gasteiger partial charge < -0.3 is 19.5 Å². The summed E-state index contributed by atoms with van der Waals surface area (Å²) >= 11 is 0. The van der Waals surface area contributed by atoms with Gasteiger partial charge in [-0.2, -0.15) is 8.78 Å². The molecular formula is C18H15F2NO7S. The summed E-state index contributed by atoms with van der Waals surface area (Å²) in [5.41, 5.74) is 0.321. The molecule has 0 radical (unpaired) electrons. The van der Waals surface area contributed by atoms with Gasteiger partial charge in [-0.1, -0.05) is 0 Å². The van der Waals surface area contributed by atoms with Crippen molar-refractivity contribution in [3.05, 3.63) is 48.0 Å². The fourth-order valence-corrected chi connectivity index (χ4v) is 3.14. The molecule has 0 aromatic heterocycles. The van der Waals surface area contributed by atoms with E-state index in [9.17, 15) is 26.8 Å². The Hall–Kier alpha value is -3.21. The van der Waals surface area contributed by atoms with Gasteiger partial charge in [0.15, 0.2) is 18.1 Å². The number of fused-ring (bicyclic) bond motifs is 1. The van der Waals surface area contributed by atoms with Gasteiger partial charge in [0.05, 0.1) is 10.5 Å². The van der Waals surface area contributed by atoms with E-state index in [2.05, 4.69) is 5.32 Å². The fourth-order valence-electron chi connectivity index (χ4n) is 2.42. The highest BCUT2D eigenvalue weighted by atomic mass is 32.2. The number of carbonyl (C=O) groups excluding carboxylic acids is 2. The van der Waals surface area contributed by atoms with Crippen molar-refractivity contribution in [2.75, 3.05) is 25.1 Å². The SMILES string of the molecule is O=C(COC(=O)c1ccc(S(=O)(=O)C(F)F)cc1)Nc1ccc2c(c1)OCCO2. The molecule has 0 fully saturated rings. The summed E-state index contributed by atoms with van der Waals surface area (Å²) in [5.74, 6) is -4.07. The third-order valence-electron chi connectivity index (χ3n) is 3.81. The van der Waals surface area contributed by atoms with Gasteiger partial charge in [0.25, 0.3) is 5.91 Å². The van der Waals surface area contributed by atoms with E-state index in [1.807, 2.05) is 0 Å². The van der Waals surface area contributed by atoms with E-state index in [1.165, 1.54) is 0 Å². The summed E-state index contributed by atoms with van der Waals surface area (Å²) in [6.07, 6.45) is 0. The van der Waals surface area contributed by atoms with Gasteiger partial charge >= 0.3 is 11.7 Å². The van der Waals surface area contributed by atoms with Gasteiger partial charge in [0.2, 0.25) is 9.84 Å². The summed E-state index contributed by atoms with van der Waals surface area (Å²) in [4.78, 5) is 23.3. The smallest absolute Gasteiger partial charge is 0.341 e. The number of carbonyl (C=O) groups is 2. The minimum atomic E-state index is -4.76. The molecule has 154 valence electrons. The lowest BCUT2D eigenvalue weighted by Crippen LogP contribution is -2.21. The van der Waals surface area contributed by atoms with Crippen LogP contribution < -0.4 is 14.8 Å². The molecule has 1 heterocycles. The van der Waals surface area contributed by atoms with E-state index in [-0.39, 0.29) is 5.56 Å². The first-order chi connectivity index (χ1) is 13.8. The second-order valence-electron chi connectivity index (χ2n) is 5.81. The second kappa shape index (κ2) is 8.43. The molecule has 0 saturated carbocycles. The molecule has 1 aliphatic heterocycles. The Morgan fingerprint density at radius 2 is 1.69 bits per heavy atom. The molecule has 11 heteroatoms. The average molecular weight is 427 g/mol. The van der Waals surface area contributed by atoms with Crippen molar-refractivity contribution in [1.82, 2.24) is 0 Å². The van der Waals surface area contributed by atoms with Crippen LogP contribution in [0.3, 0.4) is 0 Å². The Bertz CT molecular complexity index is 1020. The topological polar surface area (TPSA) is 108 Å². The van der Waals surface area contributed by atoms with Gasteiger partial charge in [-0.25, -0.2) is 13.2 Å². The van der Waals surface area contributed by atoms with Crippen LogP contribution in [-0.4, -0.2) is 45.9 Å². The van der Waals surface area contributed by atoms with E-state index in [0.717, 1.165) is 24.3 Å². The Kier molecular flexibility index (Phi) is 5.97. The van der Waals surface area contributed by atoms with Gasteiger partial charge in [0.1, 0.15) is 13.2 Å². The number of anilines is 1. The Balaban J connectivity index is 1.55. The number of hydrogen-bond donors (Lipinski definition) is 1. The summed E-state index contributed by atoms with van der Waals surface area (Å²) in [5, 5.41) is 2.53. The normalized spacial score (nSPS) is 13.1. The number of esters is 1. The maximum Gasteiger partial charge on any atom is 0.341 e. The molecule has 1 N–H and O–H groups in total. The van der Waals surface area contributed by atoms with E-state index in [1.54, 1.807) is 18.2 Å². The first-order valence-electron chi connectivity index (χ1n) is 8.26. The molecule has 0 atom stereocenters. The van der Waals surface area contributed by atoms with Crippen LogP contribution in [0.1, 0.15) is 10.4 Å². The van der Waals surface area contributed by atoms with Gasteiger partial charge in [-0.15, -0.1) is 0 Å². The minimum absolute atomic E-state index is 0.0923. The van der Waals surface area contributed by atoms with Crippen LogP contribution in [0.15, 0.2) is 47.4 Å². The summed E-state index contributed by atoms with van der Waals surface area (Å²) in [7, 11) is -4.76. The molecule has 8 nitrogen and oxygen atoms in total. The number of hydrogen-bond acceptors (Lipinski definition) is 7. The Morgan fingerprint density at radius 1 is 1.03 bits per heavy atom. The summed E-state index contributed by atoms with van der Waals surface area (Å²) in [6.45, 7) is 0.216. The third-order valence-corrected chi connectivity index (χ3v) is 5.21. The molecule has 0 unspecified atom stereocenters. The van der Waals surface area contributed by atoms with E-state index in [4.69, 9.17) is 14.2 Å². The van der Waals surface area contributed by atoms with Gasteiger partial charge in [-0.3, -0.25) is 4.79 Å². The van der Waals surface area contributed by atoms with Crippen molar-refractivity contribution in [2.45, 2.75) is 10.7 Å². The average Bonchev–Trinajstić information content (AvgIpc) is 2.72. The number of rotatable bonds is 6. The van der Waals surface area contributed by atoms with Crippen LogP contribution in [0, 0.1) is 0 Å². The van der Waals surface area contributed by atoms with E-state index < -0.39 is 39.0 Å². The summed E-state index contributed by atoms with van der Waals surface area (Å²) < 4.78 is 63.3. The molecule has 3 rings (SSSR count). The first-order valence-corrected chi connectivity index (χ1v) is 9.81. The van der Waals surface area contributed by atoms with Crippen LogP contribution in [-0.2, 0) is 19.4 Å². The maximum absolute atomic E-state index is 12.5. The quantitative estimate of drug-likeness (QED) is 0.705. The van der Waals surface area contributed by atoms with Crippen LogP contribution in [0.5, 0.6) is 11.5 Å². The number of ether oxygens (including phenoxy) is 3. The number of amides is 1. The lowest BCUT2D eigenvalue weighted by atomic mass is 10.2. The summed E-state index contributed by atoms with van der Waals surface area (Å²) in [6, 6.07) is 8.57. The standard InChI is InChI=1S/C18H15F2NO7S/c19-18(20)29(24,25)13-4-1-11(2-5-13)17(23)28-10-16(22)21-12-3-6-14-15(9-12)27-8-7-26-14/h1-6,9,18H,7-8,10H2,(H,21,22). The van der Waals surface area contributed by atoms with Crippen LogP contribution in [0.2, 0.25) is 0 Å². The molecule has 2 aromatic rings. The second-order valence-corrected chi connectivity index (χ2v) is 7.73. The fraction of sp³-hybridized carbons (Fsp3) is 0.222. The minimum Gasteiger partial charge on any atom is -0.486 e. The van der Waals surface area contributed by atoms with Crippen molar-refractivity contribution in [1.29, 1.82) is 0 Å². The zero-order valence-corrected chi connectivity index (χ0v) is 15.6. The third kappa shape index (κ3) is 4.80. The molecular weight excluding hydrogens is 412 g/mol. The maximum atomic E-state index is 12.5. The van der Waals surface area contributed by atoms with Crippen molar-refractivity contribution in [3.63, 3.8) is 0 Å². The highest BCUT2D eigenvalue weighted by Crippen LogP contribution is 2.32. The first kappa shape index (κ1) is 20.5. The van der Waals surface area contributed by atoms with Crippen LogP contribution in [0.25, 0.3) is 0 Å². The number of benzene rings is 2. The number of nitrogens with one attached hydrogen (secondary N) is 1. The largest absolute Gasteiger partial charge is 0.486 e. The molecule has 29 heavy (non-hydrogen) atoms. The van der Waals surface area contributed by atoms with Crippen molar-refractivity contribution in [2.24, 2.45) is 0 Å². The molecule has 0 saturated heterocycles. The molecule has 1 aliphatic rings. The lowest BCUT2D eigenvalue weighted by molar-refractivity contribution is -0.119. The van der Waals surface area contributed by atoms with Crippen molar-refractivity contribution < 1.29 is 41.0 Å². The zero-order valence-electron chi connectivity index (χ0n) is 14.8. The highest BCUT2D eigenvalue weighted by molar-refractivity contribution is 7.91. The van der Waals surface area contributed by atoms with Crippen molar-refractivity contribution in [3.8, 4) is 11.5 Å². The molecule has 0 bridgehead atoms. The predicted molar refractivity (Wildman–Crippen MR) is 96.0 cm³/mol. The van der Waals surface area contributed by atoms with Crippen molar-refractivity contribution >= 4 is 27.4 Å². The zero-order chi connectivity index (χ0) is 21.0. The Labute approximate surface area is 164 Å². The van der Waals surface area contributed by atoms with Crippen LogP contribution >= 0.6 is 0 Å². The lowest BCUT2D eigenvalue weighted by Gasteiger charge is -2.19. The highest BCUT2D eigenvalue weighted by Gasteiger charge is 2.26. The number of sulfone groups is 1. The predicted octanol–water partition coefficient (Wildman–Crippen LogP) is 2.25. The molecule has 1 amide bonds. The molecule has 0 spiro atoms. The van der Waals surface area contributed by atoms with E-state index >= 15 is 0 Å². The van der Waals surface area contributed by atoms with Crippen LogP contribution in [0.4, 0.5) is 14.5 Å². The molecule has 2 aromatic carbocycles. The number of halogens is 2.